The molecule has 0 unspecified atom stereocenters. The van der Waals surface area contributed by atoms with E-state index >= 15 is 0 Å². The van der Waals surface area contributed by atoms with Gasteiger partial charge in [-0.15, -0.1) is 0 Å². The van der Waals surface area contributed by atoms with Gasteiger partial charge in [-0.2, -0.15) is 0 Å². The topological polar surface area (TPSA) is 75.7 Å². The molecule has 30 heavy (non-hydrogen) atoms. The van der Waals surface area contributed by atoms with Gasteiger partial charge in [-0.1, -0.05) is 56.3 Å². The van der Waals surface area contributed by atoms with Gasteiger partial charge >= 0.3 is 5.97 Å². The monoisotopic (exact) mass is 408 g/mol. The van der Waals surface area contributed by atoms with Gasteiger partial charge in [0.1, 0.15) is 6.54 Å². The number of amides is 2. The minimum atomic E-state index is -0.629. The van der Waals surface area contributed by atoms with Crippen LogP contribution in [0.2, 0.25) is 0 Å². The lowest BCUT2D eigenvalue weighted by Gasteiger charge is -2.34. The zero-order chi connectivity index (χ0) is 21.5. The molecule has 2 aromatic rings. The number of nitrogens with zero attached hydrogens (tertiary/aromatic N) is 1. The second-order valence-electron chi connectivity index (χ2n) is 8.03. The Morgan fingerprint density at radius 2 is 1.53 bits per heavy atom. The van der Waals surface area contributed by atoms with Crippen LogP contribution in [0, 0.1) is 11.8 Å². The maximum absolute atomic E-state index is 12.3. The number of benzene rings is 2. The third-order valence-electron chi connectivity index (χ3n) is 5.23. The highest BCUT2D eigenvalue weighted by Gasteiger charge is 2.25. The molecular weight excluding hydrogens is 380 g/mol. The molecule has 1 aliphatic rings. The largest absolute Gasteiger partial charge is 0.454 e. The minimum Gasteiger partial charge on any atom is -0.454 e. The van der Waals surface area contributed by atoms with E-state index in [0.29, 0.717) is 30.5 Å². The van der Waals surface area contributed by atoms with E-state index in [0.717, 1.165) is 17.5 Å². The van der Waals surface area contributed by atoms with Crippen molar-refractivity contribution >= 4 is 17.8 Å². The predicted octanol–water partition coefficient (Wildman–Crippen LogP) is 3.13. The molecule has 0 aromatic heterocycles. The number of ether oxygens (including phenoxy) is 1. The molecular formula is C24H28N2O4. The number of hydrogen-bond donors (Lipinski definition) is 1. The van der Waals surface area contributed by atoms with Crippen LogP contribution in [0.3, 0.4) is 0 Å². The summed E-state index contributed by atoms with van der Waals surface area (Å²) in [6.45, 7) is 5.04. The second kappa shape index (κ2) is 10.1. The van der Waals surface area contributed by atoms with Gasteiger partial charge < -0.3 is 15.0 Å². The summed E-state index contributed by atoms with van der Waals surface area (Å²) < 4.78 is 5.05. The number of esters is 1. The van der Waals surface area contributed by atoms with Gasteiger partial charge in [-0.05, 0) is 41.5 Å². The van der Waals surface area contributed by atoms with E-state index in [-0.39, 0.29) is 25.0 Å². The van der Waals surface area contributed by atoms with Crippen molar-refractivity contribution in [1.82, 2.24) is 10.2 Å². The standard InChI is InChI=1S/C24H28N2O4/c1-17-12-18(2)15-26(14-17)22(27)16-30-23(28)13-25-24(29)21-10-8-20(9-11-21)19-6-4-3-5-7-19/h3-11,17-18H,12-16H2,1-2H3,(H,25,29)/t17-,18+. The Bertz CT molecular complexity index is 870. The van der Waals surface area contributed by atoms with Crippen molar-refractivity contribution in [3.05, 3.63) is 60.2 Å². The van der Waals surface area contributed by atoms with Crippen LogP contribution >= 0.6 is 0 Å². The van der Waals surface area contributed by atoms with E-state index in [2.05, 4.69) is 19.2 Å². The maximum Gasteiger partial charge on any atom is 0.325 e. The zero-order valence-corrected chi connectivity index (χ0v) is 17.5. The Kier molecular flexibility index (Phi) is 7.22. The van der Waals surface area contributed by atoms with Gasteiger partial charge in [-0.3, -0.25) is 14.4 Å². The number of carbonyl (C=O) groups is 3. The number of likely N-dealkylation sites (tertiary alicyclic amines) is 1. The average Bonchev–Trinajstić information content (AvgIpc) is 2.75. The molecule has 0 saturated carbocycles. The van der Waals surface area contributed by atoms with Crippen LogP contribution in [0.5, 0.6) is 0 Å². The first-order valence-corrected chi connectivity index (χ1v) is 10.3. The summed E-state index contributed by atoms with van der Waals surface area (Å²) >= 11 is 0. The van der Waals surface area contributed by atoms with Crippen LogP contribution < -0.4 is 5.32 Å². The van der Waals surface area contributed by atoms with Crippen molar-refractivity contribution < 1.29 is 19.1 Å². The zero-order valence-electron chi connectivity index (χ0n) is 17.5. The molecule has 0 radical (unpaired) electrons. The molecule has 2 amide bonds. The first-order chi connectivity index (χ1) is 14.4. The van der Waals surface area contributed by atoms with Crippen LogP contribution in [-0.4, -0.2) is 48.9 Å². The molecule has 6 nitrogen and oxygen atoms in total. The first-order valence-electron chi connectivity index (χ1n) is 10.3. The molecule has 1 saturated heterocycles. The normalized spacial score (nSPS) is 18.5. The molecule has 158 valence electrons. The van der Waals surface area contributed by atoms with Crippen LogP contribution in [0.25, 0.3) is 11.1 Å². The van der Waals surface area contributed by atoms with Gasteiger partial charge in [0.05, 0.1) is 0 Å². The lowest BCUT2D eigenvalue weighted by Crippen LogP contribution is -2.44. The smallest absolute Gasteiger partial charge is 0.325 e. The summed E-state index contributed by atoms with van der Waals surface area (Å²) in [6.07, 6.45) is 1.10. The number of piperidine rings is 1. The predicted molar refractivity (Wildman–Crippen MR) is 115 cm³/mol. The Morgan fingerprint density at radius 1 is 0.933 bits per heavy atom. The van der Waals surface area contributed by atoms with Crippen molar-refractivity contribution in [2.75, 3.05) is 26.2 Å². The van der Waals surface area contributed by atoms with E-state index in [1.807, 2.05) is 42.5 Å². The SMILES string of the molecule is C[C@@H]1C[C@H](C)CN(C(=O)COC(=O)CNC(=O)c2ccc(-c3ccccc3)cc2)C1. The number of hydrogen-bond acceptors (Lipinski definition) is 4. The van der Waals surface area contributed by atoms with Crippen molar-refractivity contribution in [1.29, 1.82) is 0 Å². The van der Waals surface area contributed by atoms with E-state index in [1.54, 1.807) is 17.0 Å². The van der Waals surface area contributed by atoms with Gasteiger partial charge in [0.25, 0.3) is 11.8 Å². The van der Waals surface area contributed by atoms with E-state index in [1.165, 1.54) is 0 Å². The molecule has 1 heterocycles. The van der Waals surface area contributed by atoms with Crippen LogP contribution in [0.1, 0.15) is 30.6 Å². The van der Waals surface area contributed by atoms with Crippen molar-refractivity contribution in [2.24, 2.45) is 11.8 Å². The van der Waals surface area contributed by atoms with Crippen molar-refractivity contribution in [3.8, 4) is 11.1 Å². The molecule has 1 N–H and O–H groups in total. The second-order valence-corrected chi connectivity index (χ2v) is 8.03. The summed E-state index contributed by atoms with van der Waals surface area (Å²) in [5, 5.41) is 2.54. The number of nitrogens with one attached hydrogen (secondary N) is 1. The molecule has 2 atom stereocenters. The number of rotatable bonds is 6. The van der Waals surface area contributed by atoms with Crippen LogP contribution in [-0.2, 0) is 14.3 Å². The summed E-state index contributed by atoms with van der Waals surface area (Å²) in [6, 6.07) is 17.0. The van der Waals surface area contributed by atoms with Crippen LogP contribution in [0.15, 0.2) is 54.6 Å². The Hall–Kier alpha value is -3.15. The van der Waals surface area contributed by atoms with Gasteiger partial charge in [0.15, 0.2) is 6.61 Å². The van der Waals surface area contributed by atoms with E-state index in [4.69, 9.17) is 4.74 Å². The highest BCUT2D eigenvalue weighted by molar-refractivity contribution is 5.96. The molecule has 2 aromatic carbocycles. The molecule has 6 heteroatoms. The highest BCUT2D eigenvalue weighted by Crippen LogP contribution is 2.21. The molecule has 3 rings (SSSR count). The van der Waals surface area contributed by atoms with Crippen LogP contribution in [0.4, 0.5) is 0 Å². The van der Waals surface area contributed by atoms with Gasteiger partial charge in [-0.25, -0.2) is 0 Å². The fourth-order valence-corrected chi connectivity index (χ4v) is 3.85. The molecule has 1 aliphatic heterocycles. The third kappa shape index (κ3) is 5.92. The quantitative estimate of drug-likeness (QED) is 0.745. The third-order valence-corrected chi connectivity index (χ3v) is 5.23. The average molecular weight is 408 g/mol. The minimum absolute atomic E-state index is 0.190. The molecule has 0 spiro atoms. The van der Waals surface area contributed by atoms with E-state index in [9.17, 15) is 14.4 Å². The maximum atomic E-state index is 12.3. The summed E-state index contributed by atoms with van der Waals surface area (Å²) in [5.74, 6) is -0.293. The van der Waals surface area contributed by atoms with E-state index < -0.39 is 5.97 Å². The van der Waals surface area contributed by atoms with Crippen molar-refractivity contribution in [2.45, 2.75) is 20.3 Å². The highest BCUT2D eigenvalue weighted by atomic mass is 16.5. The van der Waals surface area contributed by atoms with Gasteiger partial charge in [0.2, 0.25) is 0 Å². The number of carbonyl (C=O) groups excluding carboxylic acids is 3. The van der Waals surface area contributed by atoms with Gasteiger partial charge in [0, 0.05) is 18.7 Å². The summed E-state index contributed by atoms with van der Waals surface area (Å²) in [4.78, 5) is 38.2. The molecule has 1 fully saturated rings. The lowest BCUT2D eigenvalue weighted by molar-refractivity contribution is -0.152. The molecule has 0 aliphatic carbocycles. The Balaban J connectivity index is 1.43. The Labute approximate surface area is 177 Å². The summed E-state index contributed by atoms with van der Waals surface area (Å²) in [5.41, 5.74) is 2.52. The first kappa shape index (κ1) is 21.6. The Morgan fingerprint density at radius 3 is 2.17 bits per heavy atom. The fraction of sp³-hybridized carbons (Fsp3) is 0.375. The summed E-state index contributed by atoms with van der Waals surface area (Å²) in [7, 11) is 0. The molecule has 0 bridgehead atoms. The fourth-order valence-electron chi connectivity index (χ4n) is 3.85. The van der Waals surface area contributed by atoms with Crippen molar-refractivity contribution in [3.63, 3.8) is 0 Å². The lowest BCUT2D eigenvalue weighted by atomic mass is 9.92.